The molecule has 0 fully saturated rings. The zero-order valence-electron chi connectivity index (χ0n) is 11.9. The van der Waals surface area contributed by atoms with Crippen LogP contribution in [-0.4, -0.2) is 8.42 Å². The van der Waals surface area contributed by atoms with Crippen LogP contribution in [0.5, 0.6) is 0 Å². The van der Waals surface area contributed by atoms with Crippen molar-refractivity contribution in [2.75, 3.05) is 0 Å². The summed E-state index contributed by atoms with van der Waals surface area (Å²) in [5, 5.41) is 5.84. The van der Waals surface area contributed by atoms with Crippen molar-refractivity contribution in [3.63, 3.8) is 0 Å². The summed E-state index contributed by atoms with van der Waals surface area (Å²) >= 11 is 6.30. The highest BCUT2D eigenvalue weighted by Crippen LogP contribution is 2.35. The Kier molecular flexibility index (Phi) is 5.42. The Morgan fingerprint density at radius 1 is 1.16 bits per heavy atom. The van der Waals surface area contributed by atoms with Gasteiger partial charge in [-0.2, -0.15) is 0 Å². The van der Waals surface area contributed by atoms with Gasteiger partial charge in [0.1, 0.15) is 0 Å². The SMILES string of the molecule is CCC(C)c1cc(Cl)c(C(C)CC)c(S(N)(=O)=O)c1. The van der Waals surface area contributed by atoms with Crippen molar-refractivity contribution in [1.82, 2.24) is 0 Å². The van der Waals surface area contributed by atoms with Crippen LogP contribution in [0.4, 0.5) is 0 Å². The third-order valence-electron chi connectivity index (χ3n) is 3.71. The standard InChI is InChI=1S/C14H22ClNO2S/c1-5-9(3)11-7-12(15)14(10(4)6-2)13(8-11)19(16,17)18/h7-10H,5-6H2,1-4H3,(H2,16,17,18). The second-order valence-corrected chi connectivity index (χ2v) is 7.02. The minimum Gasteiger partial charge on any atom is -0.225 e. The predicted molar refractivity (Wildman–Crippen MR) is 80.2 cm³/mol. The molecule has 0 aliphatic rings. The van der Waals surface area contributed by atoms with Gasteiger partial charge in [0.25, 0.3) is 0 Å². The average Bonchev–Trinajstić information content (AvgIpc) is 2.34. The van der Waals surface area contributed by atoms with Crippen molar-refractivity contribution in [2.24, 2.45) is 5.14 Å². The first-order chi connectivity index (χ1) is 8.72. The molecule has 0 heterocycles. The minimum atomic E-state index is -3.76. The van der Waals surface area contributed by atoms with E-state index >= 15 is 0 Å². The molecule has 1 rings (SSSR count). The second kappa shape index (κ2) is 6.25. The van der Waals surface area contributed by atoms with Crippen LogP contribution in [0.2, 0.25) is 5.02 Å². The zero-order chi connectivity index (χ0) is 14.8. The zero-order valence-corrected chi connectivity index (χ0v) is 13.5. The molecule has 0 saturated heterocycles. The summed E-state index contributed by atoms with van der Waals surface area (Å²) in [5.41, 5.74) is 1.56. The monoisotopic (exact) mass is 303 g/mol. The molecule has 2 N–H and O–H groups in total. The molecule has 1 aromatic rings. The Labute approximate surface area is 121 Å². The molecular formula is C14H22ClNO2S. The number of benzene rings is 1. The molecule has 3 nitrogen and oxygen atoms in total. The number of sulfonamides is 1. The van der Waals surface area contributed by atoms with E-state index in [9.17, 15) is 8.42 Å². The Morgan fingerprint density at radius 3 is 2.11 bits per heavy atom. The summed E-state index contributed by atoms with van der Waals surface area (Å²) in [6.45, 7) is 8.05. The lowest BCUT2D eigenvalue weighted by Crippen LogP contribution is -2.16. The van der Waals surface area contributed by atoms with Gasteiger partial charge in [-0.05, 0) is 47.9 Å². The van der Waals surface area contributed by atoms with Crippen molar-refractivity contribution >= 4 is 21.6 Å². The lowest BCUT2D eigenvalue weighted by Gasteiger charge is -2.19. The highest BCUT2D eigenvalue weighted by atomic mass is 35.5. The lowest BCUT2D eigenvalue weighted by atomic mass is 9.93. The summed E-state index contributed by atoms with van der Waals surface area (Å²) in [6.07, 6.45) is 1.73. The van der Waals surface area contributed by atoms with Crippen LogP contribution in [0.15, 0.2) is 17.0 Å². The first kappa shape index (κ1) is 16.5. The predicted octanol–water partition coefficient (Wildman–Crippen LogP) is 4.01. The smallest absolute Gasteiger partial charge is 0.225 e. The fourth-order valence-electron chi connectivity index (χ4n) is 2.05. The molecule has 0 saturated carbocycles. The van der Waals surface area contributed by atoms with Crippen LogP contribution in [0.25, 0.3) is 0 Å². The Hall–Kier alpha value is -0.580. The number of hydrogen-bond acceptors (Lipinski definition) is 2. The Morgan fingerprint density at radius 2 is 1.68 bits per heavy atom. The molecule has 0 radical (unpaired) electrons. The van der Waals surface area contributed by atoms with Gasteiger partial charge in [-0.15, -0.1) is 0 Å². The molecule has 19 heavy (non-hydrogen) atoms. The maximum absolute atomic E-state index is 11.8. The maximum Gasteiger partial charge on any atom is 0.238 e. The third kappa shape index (κ3) is 3.71. The van der Waals surface area contributed by atoms with E-state index in [2.05, 4.69) is 6.92 Å². The highest BCUT2D eigenvalue weighted by molar-refractivity contribution is 7.89. The van der Waals surface area contributed by atoms with Crippen LogP contribution in [0.3, 0.4) is 0 Å². The third-order valence-corrected chi connectivity index (χ3v) is 4.97. The molecule has 2 atom stereocenters. The normalized spacial score (nSPS) is 15.3. The Bertz CT molecular complexity index is 555. The average molecular weight is 304 g/mol. The van der Waals surface area contributed by atoms with Gasteiger partial charge >= 0.3 is 0 Å². The minimum absolute atomic E-state index is 0.0619. The van der Waals surface area contributed by atoms with Crippen LogP contribution in [0.1, 0.15) is 63.5 Å². The quantitative estimate of drug-likeness (QED) is 0.893. The highest BCUT2D eigenvalue weighted by Gasteiger charge is 2.22. The van der Waals surface area contributed by atoms with Gasteiger partial charge in [-0.25, -0.2) is 13.6 Å². The largest absolute Gasteiger partial charge is 0.238 e. The summed E-state index contributed by atoms with van der Waals surface area (Å²) < 4.78 is 23.6. The first-order valence-corrected chi connectivity index (χ1v) is 8.50. The lowest BCUT2D eigenvalue weighted by molar-refractivity contribution is 0.593. The second-order valence-electron chi connectivity index (χ2n) is 5.08. The molecule has 0 aromatic heterocycles. The van der Waals surface area contributed by atoms with Crippen molar-refractivity contribution in [1.29, 1.82) is 0 Å². The van der Waals surface area contributed by atoms with E-state index < -0.39 is 10.0 Å². The molecule has 2 unspecified atom stereocenters. The van der Waals surface area contributed by atoms with E-state index in [4.69, 9.17) is 16.7 Å². The fourth-order valence-corrected chi connectivity index (χ4v) is 3.44. The van der Waals surface area contributed by atoms with E-state index in [1.54, 1.807) is 6.07 Å². The Balaban J connectivity index is 3.57. The number of rotatable bonds is 5. The molecule has 1 aromatic carbocycles. The summed E-state index contributed by atoms with van der Waals surface area (Å²) in [4.78, 5) is 0.171. The number of primary sulfonamides is 1. The van der Waals surface area contributed by atoms with Gasteiger partial charge in [-0.1, -0.05) is 39.3 Å². The molecule has 0 aliphatic carbocycles. The van der Waals surface area contributed by atoms with E-state index in [1.807, 2.05) is 26.8 Å². The summed E-state index contributed by atoms with van der Waals surface area (Å²) in [6, 6.07) is 3.54. The summed E-state index contributed by atoms with van der Waals surface area (Å²) in [7, 11) is -3.76. The molecule has 5 heteroatoms. The topological polar surface area (TPSA) is 60.2 Å². The van der Waals surface area contributed by atoms with Crippen LogP contribution < -0.4 is 5.14 Å². The number of nitrogens with two attached hydrogens (primary N) is 1. The number of halogens is 1. The first-order valence-electron chi connectivity index (χ1n) is 6.58. The van der Waals surface area contributed by atoms with E-state index in [1.165, 1.54) is 0 Å². The van der Waals surface area contributed by atoms with Gasteiger partial charge in [0.15, 0.2) is 0 Å². The molecule has 0 aliphatic heterocycles. The molecule has 108 valence electrons. The molecule has 0 spiro atoms. The van der Waals surface area contributed by atoms with Crippen molar-refractivity contribution in [3.8, 4) is 0 Å². The molecular weight excluding hydrogens is 282 g/mol. The van der Waals surface area contributed by atoms with Gasteiger partial charge in [0, 0.05) is 5.02 Å². The van der Waals surface area contributed by atoms with Crippen LogP contribution in [0, 0.1) is 0 Å². The van der Waals surface area contributed by atoms with Gasteiger partial charge in [0.05, 0.1) is 4.90 Å². The van der Waals surface area contributed by atoms with Crippen LogP contribution in [-0.2, 0) is 10.0 Å². The van der Waals surface area contributed by atoms with Gasteiger partial charge < -0.3 is 0 Å². The van der Waals surface area contributed by atoms with E-state index in [-0.39, 0.29) is 16.7 Å². The number of hydrogen-bond donors (Lipinski definition) is 1. The maximum atomic E-state index is 11.8. The molecule has 0 amide bonds. The van der Waals surface area contributed by atoms with Crippen molar-refractivity contribution in [2.45, 2.75) is 57.3 Å². The van der Waals surface area contributed by atoms with Gasteiger partial charge in [-0.3, -0.25) is 0 Å². The van der Waals surface area contributed by atoms with Crippen molar-refractivity contribution in [3.05, 3.63) is 28.3 Å². The van der Waals surface area contributed by atoms with E-state index in [0.29, 0.717) is 10.6 Å². The summed E-state index contributed by atoms with van der Waals surface area (Å²) in [5.74, 6) is 0.316. The van der Waals surface area contributed by atoms with Gasteiger partial charge in [0.2, 0.25) is 10.0 Å². The molecule has 0 bridgehead atoms. The van der Waals surface area contributed by atoms with Crippen LogP contribution >= 0.6 is 11.6 Å². The fraction of sp³-hybridized carbons (Fsp3) is 0.571. The van der Waals surface area contributed by atoms with E-state index in [0.717, 1.165) is 18.4 Å². The van der Waals surface area contributed by atoms with Crippen molar-refractivity contribution < 1.29 is 8.42 Å².